The van der Waals surface area contributed by atoms with Crippen molar-refractivity contribution < 1.29 is 13.6 Å². The second-order valence-corrected chi connectivity index (χ2v) is 5.16. The van der Waals surface area contributed by atoms with Gasteiger partial charge in [-0.1, -0.05) is 18.2 Å². The zero-order valence-corrected chi connectivity index (χ0v) is 11.1. The first-order valence-electron chi connectivity index (χ1n) is 5.74. The third-order valence-corrected chi connectivity index (χ3v) is 3.69. The van der Waals surface area contributed by atoms with E-state index < -0.39 is 11.6 Å². The molecule has 0 N–H and O–H groups in total. The van der Waals surface area contributed by atoms with E-state index in [0.717, 1.165) is 11.0 Å². The number of hydrogen-bond donors (Lipinski definition) is 0. The average molecular weight is 278 g/mol. The van der Waals surface area contributed by atoms with Crippen molar-refractivity contribution in [3.63, 3.8) is 0 Å². The molecule has 2 aromatic rings. The number of Topliss-reactive ketones (excluding diaryl/α,β-unsaturated/α-hetero) is 1. The molecule has 0 bridgehead atoms. The van der Waals surface area contributed by atoms with E-state index in [9.17, 15) is 13.6 Å². The lowest BCUT2D eigenvalue weighted by molar-refractivity contribution is 0.101. The van der Waals surface area contributed by atoms with Gasteiger partial charge >= 0.3 is 0 Å². The van der Waals surface area contributed by atoms with Crippen molar-refractivity contribution in [3.05, 3.63) is 65.2 Å². The van der Waals surface area contributed by atoms with E-state index in [1.807, 2.05) is 6.07 Å². The first-order chi connectivity index (χ1) is 9.06. The van der Waals surface area contributed by atoms with E-state index in [1.54, 1.807) is 18.2 Å². The lowest BCUT2D eigenvalue weighted by Crippen LogP contribution is -1.92. The summed E-state index contributed by atoms with van der Waals surface area (Å²) in [5.74, 6) is -0.733. The Hall–Kier alpha value is -1.68. The molecule has 0 unspecified atom stereocenters. The van der Waals surface area contributed by atoms with Crippen molar-refractivity contribution in [1.82, 2.24) is 0 Å². The molecular formula is C15H12F2OS. The van der Waals surface area contributed by atoms with E-state index in [4.69, 9.17) is 0 Å². The van der Waals surface area contributed by atoms with Gasteiger partial charge in [0.05, 0.1) is 0 Å². The van der Waals surface area contributed by atoms with Crippen LogP contribution in [-0.4, -0.2) is 5.78 Å². The molecule has 0 spiro atoms. The number of halogens is 2. The van der Waals surface area contributed by atoms with Gasteiger partial charge in [0, 0.05) is 22.3 Å². The van der Waals surface area contributed by atoms with Crippen molar-refractivity contribution in [1.29, 1.82) is 0 Å². The zero-order valence-electron chi connectivity index (χ0n) is 10.3. The van der Waals surface area contributed by atoms with Gasteiger partial charge in [0.25, 0.3) is 0 Å². The molecule has 0 aliphatic heterocycles. The van der Waals surface area contributed by atoms with Crippen LogP contribution in [0.15, 0.2) is 47.4 Å². The number of carbonyl (C=O) groups excluding carboxylic acids is 1. The molecule has 2 rings (SSSR count). The fourth-order valence-electron chi connectivity index (χ4n) is 1.60. The average Bonchev–Trinajstić information content (AvgIpc) is 2.38. The minimum atomic E-state index is -0.579. The van der Waals surface area contributed by atoms with Gasteiger partial charge in [-0.05, 0) is 30.7 Å². The monoisotopic (exact) mass is 278 g/mol. The van der Waals surface area contributed by atoms with Gasteiger partial charge in [0.15, 0.2) is 5.78 Å². The summed E-state index contributed by atoms with van der Waals surface area (Å²) in [7, 11) is 0. The minimum absolute atomic E-state index is 0.00425. The second kappa shape index (κ2) is 5.97. The molecule has 0 aliphatic carbocycles. The fraction of sp³-hybridized carbons (Fsp3) is 0.133. The van der Waals surface area contributed by atoms with Crippen LogP contribution in [0.4, 0.5) is 8.78 Å². The molecule has 0 radical (unpaired) electrons. The highest BCUT2D eigenvalue weighted by atomic mass is 32.2. The Balaban J connectivity index is 2.10. The van der Waals surface area contributed by atoms with Gasteiger partial charge in [0.2, 0.25) is 0 Å². The first kappa shape index (κ1) is 13.7. The third kappa shape index (κ3) is 3.64. The molecule has 19 heavy (non-hydrogen) atoms. The van der Waals surface area contributed by atoms with Gasteiger partial charge in [-0.25, -0.2) is 8.78 Å². The summed E-state index contributed by atoms with van der Waals surface area (Å²) in [4.78, 5) is 12.1. The van der Waals surface area contributed by atoms with E-state index in [1.165, 1.54) is 30.8 Å². The standard InChI is InChI=1S/C15H12F2OS/c1-10(18)11-3-2-4-14(7-11)19-9-12-5-6-13(16)8-15(12)17/h2-8H,9H2,1H3. The third-order valence-electron chi connectivity index (χ3n) is 2.65. The van der Waals surface area contributed by atoms with Crippen LogP contribution in [0, 0.1) is 11.6 Å². The Morgan fingerprint density at radius 3 is 2.63 bits per heavy atom. The predicted molar refractivity (Wildman–Crippen MR) is 72.4 cm³/mol. The number of benzene rings is 2. The van der Waals surface area contributed by atoms with Crippen molar-refractivity contribution in [3.8, 4) is 0 Å². The van der Waals surface area contributed by atoms with Crippen molar-refractivity contribution >= 4 is 17.5 Å². The van der Waals surface area contributed by atoms with Crippen LogP contribution in [0.5, 0.6) is 0 Å². The van der Waals surface area contributed by atoms with Crippen LogP contribution in [0.1, 0.15) is 22.8 Å². The minimum Gasteiger partial charge on any atom is -0.295 e. The maximum atomic E-state index is 13.5. The van der Waals surface area contributed by atoms with E-state index in [-0.39, 0.29) is 5.78 Å². The van der Waals surface area contributed by atoms with Crippen LogP contribution in [0.2, 0.25) is 0 Å². The summed E-state index contributed by atoms with van der Waals surface area (Å²) in [6.45, 7) is 1.50. The second-order valence-electron chi connectivity index (χ2n) is 4.11. The Morgan fingerprint density at radius 1 is 1.16 bits per heavy atom. The summed E-state index contributed by atoms with van der Waals surface area (Å²) >= 11 is 1.41. The van der Waals surface area contributed by atoms with Gasteiger partial charge in [-0.2, -0.15) is 0 Å². The topological polar surface area (TPSA) is 17.1 Å². The maximum Gasteiger partial charge on any atom is 0.159 e. The summed E-state index contributed by atoms with van der Waals surface area (Å²) in [6.07, 6.45) is 0. The fourth-order valence-corrected chi connectivity index (χ4v) is 2.55. The number of carbonyl (C=O) groups is 1. The van der Waals surface area contributed by atoms with Gasteiger partial charge in [-0.3, -0.25) is 4.79 Å². The van der Waals surface area contributed by atoms with Crippen LogP contribution in [0.25, 0.3) is 0 Å². The number of ketones is 1. The highest BCUT2D eigenvalue weighted by Gasteiger charge is 2.06. The predicted octanol–water partition coefficient (Wildman–Crippen LogP) is 4.46. The number of thioether (sulfide) groups is 1. The molecule has 2 aromatic carbocycles. The Labute approximate surface area is 114 Å². The largest absolute Gasteiger partial charge is 0.295 e. The molecule has 0 saturated carbocycles. The molecule has 98 valence electrons. The van der Waals surface area contributed by atoms with Gasteiger partial charge in [-0.15, -0.1) is 11.8 Å². The summed E-state index contributed by atoms with van der Waals surface area (Å²) in [5, 5.41) is 0. The van der Waals surface area contributed by atoms with E-state index >= 15 is 0 Å². The molecule has 0 aromatic heterocycles. The Bertz CT molecular complexity index is 611. The molecule has 0 heterocycles. The van der Waals surface area contributed by atoms with Crippen LogP contribution in [0.3, 0.4) is 0 Å². The summed E-state index contributed by atoms with van der Waals surface area (Å²) < 4.78 is 26.2. The van der Waals surface area contributed by atoms with Crippen molar-refractivity contribution in [2.24, 2.45) is 0 Å². The van der Waals surface area contributed by atoms with Crippen LogP contribution in [-0.2, 0) is 5.75 Å². The number of hydrogen-bond acceptors (Lipinski definition) is 2. The highest BCUT2D eigenvalue weighted by molar-refractivity contribution is 7.98. The molecule has 0 fully saturated rings. The van der Waals surface area contributed by atoms with E-state index in [2.05, 4.69) is 0 Å². The quantitative estimate of drug-likeness (QED) is 0.606. The molecule has 4 heteroatoms. The van der Waals surface area contributed by atoms with Crippen molar-refractivity contribution in [2.75, 3.05) is 0 Å². The molecule has 0 saturated heterocycles. The smallest absolute Gasteiger partial charge is 0.159 e. The number of rotatable bonds is 4. The Morgan fingerprint density at radius 2 is 1.95 bits per heavy atom. The van der Waals surface area contributed by atoms with Gasteiger partial charge in [0.1, 0.15) is 11.6 Å². The normalized spacial score (nSPS) is 10.5. The first-order valence-corrected chi connectivity index (χ1v) is 6.72. The molecular weight excluding hydrogens is 266 g/mol. The molecule has 0 atom stereocenters. The highest BCUT2D eigenvalue weighted by Crippen LogP contribution is 2.25. The van der Waals surface area contributed by atoms with Crippen molar-refractivity contribution in [2.45, 2.75) is 17.6 Å². The van der Waals surface area contributed by atoms with Crippen LogP contribution < -0.4 is 0 Å². The van der Waals surface area contributed by atoms with E-state index in [0.29, 0.717) is 16.9 Å². The molecule has 1 nitrogen and oxygen atoms in total. The molecule has 0 aliphatic rings. The SMILES string of the molecule is CC(=O)c1cccc(SCc2ccc(F)cc2F)c1. The zero-order chi connectivity index (χ0) is 13.8. The van der Waals surface area contributed by atoms with Gasteiger partial charge < -0.3 is 0 Å². The maximum absolute atomic E-state index is 13.5. The lowest BCUT2D eigenvalue weighted by Gasteiger charge is -2.05. The molecule has 0 amide bonds. The lowest BCUT2D eigenvalue weighted by atomic mass is 10.2. The Kier molecular flexibility index (Phi) is 4.32. The summed E-state index contributed by atoms with van der Waals surface area (Å²) in [6, 6.07) is 10.7. The summed E-state index contributed by atoms with van der Waals surface area (Å²) in [5.41, 5.74) is 1.07. The van der Waals surface area contributed by atoms with Crippen LogP contribution >= 0.6 is 11.8 Å².